The van der Waals surface area contributed by atoms with Crippen LogP contribution in [0, 0.1) is 6.92 Å². The normalized spacial score (nSPS) is 14.3. The number of hydrogen-bond acceptors (Lipinski definition) is 5. The molecule has 3 rings (SSSR count). The van der Waals surface area contributed by atoms with Gasteiger partial charge in [0.2, 0.25) is 11.7 Å². The molecule has 2 amide bonds. The second-order valence-electron chi connectivity index (χ2n) is 7.24. The number of carbonyl (C=O) groups excluding carboxylic acids is 4. The lowest BCUT2D eigenvalue weighted by atomic mass is 10.1. The molecule has 0 radical (unpaired) electrons. The fourth-order valence-electron chi connectivity index (χ4n) is 3.21. The van der Waals surface area contributed by atoms with Crippen LogP contribution in [0.4, 0.5) is 5.69 Å². The first-order valence-electron chi connectivity index (χ1n) is 9.84. The van der Waals surface area contributed by atoms with Crippen LogP contribution in [-0.2, 0) is 14.3 Å². The lowest BCUT2D eigenvalue weighted by Gasteiger charge is -2.16. The first kappa shape index (κ1) is 21.2. The highest BCUT2D eigenvalue weighted by molar-refractivity contribution is 6.01. The number of amides is 2. The van der Waals surface area contributed by atoms with Gasteiger partial charge in [0.1, 0.15) is 6.54 Å². The van der Waals surface area contributed by atoms with Gasteiger partial charge in [-0.2, -0.15) is 0 Å². The molecular formula is C23H24N2O5. The smallest absolute Gasteiger partial charge is 0.326 e. The molecule has 156 valence electrons. The molecule has 0 saturated carbocycles. The van der Waals surface area contributed by atoms with Crippen LogP contribution >= 0.6 is 0 Å². The Balaban J connectivity index is 1.49. The average Bonchev–Trinajstić information content (AvgIpc) is 3.18. The summed E-state index contributed by atoms with van der Waals surface area (Å²) in [5, 5.41) is 2.48. The number of anilines is 1. The van der Waals surface area contributed by atoms with E-state index < -0.39 is 18.0 Å². The van der Waals surface area contributed by atoms with Crippen molar-refractivity contribution in [1.82, 2.24) is 5.32 Å². The van der Waals surface area contributed by atoms with Crippen molar-refractivity contribution in [2.75, 3.05) is 18.0 Å². The third kappa shape index (κ3) is 5.11. The molecule has 1 aliphatic heterocycles. The Morgan fingerprint density at radius 1 is 1.03 bits per heavy atom. The summed E-state index contributed by atoms with van der Waals surface area (Å²) in [6.45, 7) is 3.74. The maximum atomic E-state index is 12.3. The summed E-state index contributed by atoms with van der Waals surface area (Å²) < 4.78 is 5.13. The van der Waals surface area contributed by atoms with Gasteiger partial charge in [0.15, 0.2) is 6.10 Å². The highest BCUT2D eigenvalue weighted by Crippen LogP contribution is 2.21. The maximum Gasteiger partial charge on any atom is 0.326 e. The second-order valence-corrected chi connectivity index (χ2v) is 7.24. The number of ketones is 1. The van der Waals surface area contributed by atoms with Gasteiger partial charge < -0.3 is 15.0 Å². The van der Waals surface area contributed by atoms with Crippen LogP contribution in [0.5, 0.6) is 0 Å². The van der Waals surface area contributed by atoms with Crippen molar-refractivity contribution in [3.63, 3.8) is 0 Å². The topological polar surface area (TPSA) is 92.8 Å². The van der Waals surface area contributed by atoms with Crippen LogP contribution in [0.25, 0.3) is 0 Å². The van der Waals surface area contributed by atoms with Crippen LogP contribution in [-0.4, -0.2) is 42.8 Å². The SMILES string of the molecule is Cc1ccc(C(=O)[C@H](C)OC(=O)CNC(=O)c2ccc(N3CCCC3=O)cc2)cc1. The number of nitrogens with one attached hydrogen (secondary N) is 1. The summed E-state index contributed by atoms with van der Waals surface area (Å²) in [5.41, 5.74) is 2.60. The number of Topliss-reactive ketones (excluding diaryl/α,β-unsaturated/α-hetero) is 1. The van der Waals surface area contributed by atoms with Crippen LogP contribution in [0.3, 0.4) is 0 Å². The van der Waals surface area contributed by atoms with E-state index in [-0.39, 0.29) is 18.2 Å². The van der Waals surface area contributed by atoms with E-state index in [1.807, 2.05) is 19.1 Å². The average molecular weight is 408 g/mol. The molecule has 30 heavy (non-hydrogen) atoms. The minimum atomic E-state index is -0.950. The van der Waals surface area contributed by atoms with Gasteiger partial charge in [0, 0.05) is 29.8 Å². The Kier molecular flexibility index (Phi) is 6.61. The zero-order valence-corrected chi connectivity index (χ0v) is 17.0. The molecule has 0 unspecified atom stereocenters. The second kappa shape index (κ2) is 9.35. The van der Waals surface area contributed by atoms with E-state index in [2.05, 4.69) is 5.32 Å². The molecule has 1 atom stereocenters. The van der Waals surface area contributed by atoms with Gasteiger partial charge in [-0.3, -0.25) is 19.2 Å². The summed E-state index contributed by atoms with van der Waals surface area (Å²) in [6.07, 6.45) is 0.415. The molecule has 0 spiro atoms. The Labute approximate surface area is 175 Å². The number of carbonyl (C=O) groups is 4. The summed E-state index contributed by atoms with van der Waals surface area (Å²) >= 11 is 0. The monoisotopic (exact) mass is 408 g/mol. The van der Waals surface area contributed by atoms with Crippen molar-refractivity contribution in [2.45, 2.75) is 32.8 Å². The summed E-state index contributed by atoms with van der Waals surface area (Å²) in [7, 11) is 0. The van der Waals surface area contributed by atoms with E-state index in [0.717, 1.165) is 17.7 Å². The molecule has 2 aromatic carbocycles. The highest BCUT2D eigenvalue weighted by Gasteiger charge is 2.22. The van der Waals surface area contributed by atoms with Gasteiger partial charge >= 0.3 is 5.97 Å². The van der Waals surface area contributed by atoms with Gasteiger partial charge in [-0.15, -0.1) is 0 Å². The summed E-state index contributed by atoms with van der Waals surface area (Å²) in [5.74, 6) is -1.37. The number of nitrogens with zero attached hydrogens (tertiary/aromatic N) is 1. The van der Waals surface area contributed by atoms with Gasteiger partial charge in [-0.25, -0.2) is 0 Å². The number of benzene rings is 2. The third-order valence-corrected chi connectivity index (χ3v) is 4.92. The Morgan fingerprint density at radius 2 is 1.67 bits per heavy atom. The molecule has 1 fully saturated rings. The molecule has 1 N–H and O–H groups in total. The van der Waals surface area contributed by atoms with Crippen molar-refractivity contribution in [3.8, 4) is 0 Å². The van der Waals surface area contributed by atoms with Crippen LogP contribution in [0.15, 0.2) is 48.5 Å². The van der Waals surface area contributed by atoms with Crippen molar-refractivity contribution >= 4 is 29.3 Å². The van der Waals surface area contributed by atoms with Crippen molar-refractivity contribution < 1.29 is 23.9 Å². The van der Waals surface area contributed by atoms with E-state index in [9.17, 15) is 19.2 Å². The molecule has 1 heterocycles. The standard InChI is InChI=1S/C23H24N2O5/c1-15-5-7-17(8-6-15)22(28)16(2)30-21(27)14-24-23(29)18-9-11-19(12-10-18)25-13-3-4-20(25)26/h5-12,16H,3-4,13-14H2,1-2H3,(H,24,29)/t16-/m0/s1. The number of ether oxygens (including phenoxy) is 1. The van der Waals surface area contributed by atoms with Gasteiger partial charge in [0.05, 0.1) is 0 Å². The number of rotatable bonds is 7. The zero-order valence-electron chi connectivity index (χ0n) is 17.0. The number of esters is 1. The Bertz CT molecular complexity index is 951. The van der Waals surface area contributed by atoms with Crippen LogP contribution in [0.1, 0.15) is 46.0 Å². The zero-order chi connectivity index (χ0) is 21.7. The summed E-state index contributed by atoms with van der Waals surface area (Å²) in [6, 6.07) is 13.6. The lowest BCUT2D eigenvalue weighted by molar-refractivity contribution is -0.145. The van der Waals surface area contributed by atoms with Crippen molar-refractivity contribution in [2.24, 2.45) is 0 Å². The molecular weight excluding hydrogens is 384 g/mol. The minimum Gasteiger partial charge on any atom is -0.453 e. The van der Waals surface area contributed by atoms with E-state index in [1.165, 1.54) is 6.92 Å². The van der Waals surface area contributed by atoms with Crippen LogP contribution < -0.4 is 10.2 Å². The Hall–Kier alpha value is -3.48. The predicted molar refractivity (Wildman–Crippen MR) is 111 cm³/mol. The first-order valence-corrected chi connectivity index (χ1v) is 9.84. The largest absolute Gasteiger partial charge is 0.453 e. The summed E-state index contributed by atoms with van der Waals surface area (Å²) in [4.78, 5) is 50.1. The van der Waals surface area contributed by atoms with E-state index in [4.69, 9.17) is 4.74 Å². The van der Waals surface area contributed by atoms with E-state index in [1.54, 1.807) is 41.3 Å². The molecule has 0 aromatic heterocycles. The lowest BCUT2D eigenvalue weighted by Crippen LogP contribution is -2.34. The minimum absolute atomic E-state index is 0.0734. The van der Waals surface area contributed by atoms with Crippen molar-refractivity contribution in [3.05, 3.63) is 65.2 Å². The molecule has 7 nitrogen and oxygen atoms in total. The molecule has 2 aromatic rings. The van der Waals surface area contributed by atoms with Gasteiger partial charge in [-0.1, -0.05) is 29.8 Å². The number of aryl methyl sites for hydroxylation is 1. The predicted octanol–water partition coefficient (Wildman–Crippen LogP) is 2.67. The molecule has 1 saturated heterocycles. The maximum absolute atomic E-state index is 12.3. The van der Waals surface area contributed by atoms with Crippen LogP contribution in [0.2, 0.25) is 0 Å². The first-order chi connectivity index (χ1) is 14.3. The highest BCUT2D eigenvalue weighted by atomic mass is 16.5. The molecule has 7 heteroatoms. The third-order valence-electron chi connectivity index (χ3n) is 4.92. The van der Waals surface area contributed by atoms with Gasteiger partial charge in [0.25, 0.3) is 5.91 Å². The van der Waals surface area contributed by atoms with Gasteiger partial charge in [-0.05, 0) is 44.5 Å². The van der Waals surface area contributed by atoms with Crippen molar-refractivity contribution in [1.29, 1.82) is 0 Å². The van der Waals surface area contributed by atoms with E-state index in [0.29, 0.717) is 24.1 Å². The molecule has 1 aliphatic rings. The quantitative estimate of drug-likeness (QED) is 0.562. The number of hydrogen-bond donors (Lipinski definition) is 1. The molecule has 0 aliphatic carbocycles. The Morgan fingerprint density at radius 3 is 2.27 bits per heavy atom. The van der Waals surface area contributed by atoms with E-state index >= 15 is 0 Å². The fraction of sp³-hybridized carbons (Fsp3) is 0.304. The fourth-order valence-corrected chi connectivity index (χ4v) is 3.21. The molecule has 0 bridgehead atoms.